The summed E-state index contributed by atoms with van der Waals surface area (Å²) in [7, 11) is 1.77. The lowest BCUT2D eigenvalue weighted by molar-refractivity contribution is 0.00857. The third-order valence-electron chi connectivity index (χ3n) is 8.56. The molecule has 1 saturated heterocycles. The molecular weight excluding hydrogens is 597 g/mol. The van der Waals surface area contributed by atoms with Crippen LogP contribution in [0.3, 0.4) is 0 Å². The SMILES string of the molecule is COC(c1ccccc1)(c1ccccc1)c1ccccc1.c1ccc(C(OCC2COCS2)(c2ccccc2)c2ccccc2)cc1. The maximum absolute atomic E-state index is 6.77. The van der Waals surface area contributed by atoms with Gasteiger partial charge in [-0.15, -0.1) is 11.8 Å². The van der Waals surface area contributed by atoms with Gasteiger partial charge in [0.05, 0.1) is 24.4 Å². The highest BCUT2D eigenvalue weighted by Crippen LogP contribution is 2.42. The van der Waals surface area contributed by atoms with Crippen molar-refractivity contribution in [1.82, 2.24) is 0 Å². The minimum absolute atomic E-state index is 0.366. The fourth-order valence-electron chi connectivity index (χ4n) is 6.33. The smallest absolute Gasteiger partial charge is 0.143 e. The molecule has 1 aliphatic heterocycles. The molecule has 0 aromatic heterocycles. The summed E-state index contributed by atoms with van der Waals surface area (Å²) in [6.07, 6.45) is 0. The van der Waals surface area contributed by atoms with Crippen molar-refractivity contribution in [2.45, 2.75) is 16.5 Å². The highest BCUT2D eigenvalue weighted by Gasteiger charge is 2.39. The van der Waals surface area contributed by atoms with Gasteiger partial charge in [0.2, 0.25) is 0 Å². The summed E-state index contributed by atoms with van der Waals surface area (Å²) in [5, 5.41) is 0.366. The van der Waals surface area contributed by atoms with Gasteiger partial charge >= 0.3 is 0 Å². The second kappa shape index (κ2) is 15.9. The van der Waals surface area contributed by atoms with Crippen LogP contribution in [0.1, 0.15) is 33.4 Å². The van der Waals surface area contributed by atoms with Crippen molar-refractivity contribution in [3.8, 4) is 0 Å². The molecular formula is C43H40O3S. The second-order valence-corrected chi connectivity index (χ2v) is 12.6. The Balaban J connectivity index is 0.000000168. The van der Waals surface area contributed by atoms with Crippen molar-refractivity contribution in [3.63, 3.8) is 0 Å². The average molecular weight is 637 g/mol. The number of ether oxygens (including phenoxy) is 3. The van der Waals surface area contributed by atoms with Crippen LogP contribution >= 0.6 is 11.8 Å². The van der Waals surface area contributed by atoms with Crippen LogP contribution in [0.5, 0.6) is 0 Å². The van der Waals surface area contributed by atoms with Crippen molar-refractivity contribution >= 4 is 11.8 Å². The van der Waals surface area contributed by atoms with E-state index in [1.807, 2.05) is 48.2 Å². The van der Waals surface area contributed by atoms with Crippen LogP contribution in [-0.2, 0) is 25.4 Å². The maximum Gasteiger partial charge on any atom is 0.143 e. The lowest BCUT2D eigenvalue weighted by Gasteiger charge is -2.36. The van der Waals surface area contributed by atoms with Crippen LogP contribution in [-0.4, -0.2) is 31.5 Å². The lowest BCUT2D eigenvalue weighted by Crippen LogP contribution is -2.35. The number of rotatable bonds is 10. The van der Waals surface area contributed by atoms with Crippen LogP contribution in [0.25, 0.3) is 0 Å². The van der Waals surface area contributed by atoms with Crippen molar-refractivity contribution in [1.29, 1.82) is 0 Å². The summed E-state index contributed by atoms with van der Waals surface area (Å²) in [6.45, 7) is 1.39. The molecule has 47 heavy (non-hydrogen) atoms. The molecule has 0 spiro atoms. The molecule has 3 nitrogen and oxygen atoms in total. The Morgan fingerprint density at radius 3 is 1.04 bits per heavy atom. The predicted octanol–water partition coefficient (Wildman–Crippen LogP) is 9.71. The van der Waals surface area contributed by atoms with Crippen LogP contribution in [0.2, 0.25) is 0 Å². The quantitative estimate of drug-likeness (QED) is 0.140. The van der Waals surface area contributed by atoms with Gasteiger partial charge in [0.25, 0.3) is 0 Å². The fourth-order valence-corrected chi connectivity index (χ4v) is 7.07. The third-order valence-corrected chi connectivity index (χ3v) is 9.61. The molecule has 0 bridgehead atoms. The van der Waals surface area contributed by atoms with Gasteiger partial charge in [-0.05, 0) is 33.4 Å². The van der Waals surface area contributed by atoms with Crippen molar-refractivity contribution in [2.75, 3.05) is 26.3 Å². The first kappa shape index (κ1) is 32.5. The van der Waals surface area contributed by atoms with E-state index in [4.69, 9.17) is 14.2 Å². The van der Waals surface area contributed by atoms with Crippen molar-refractivity contribution < 1.29 is 14.2 Å². The molecule has 1 aliphatic rings. The zero-order chi connectivity index (χ0) is 32.2. The largest absolute Gasteiger partial charge is 0.370 e. The number of benzene rings is 6. The topological polar surface area (TPSA) is 27.7 Å². The molecule has 236 valence electrons. The van der Waals surface area contributed by atoms with Gasteiger partial charge in [0, 0.05) is 7.11 Å². The van der Waals surface area contributed by atoms with E-state index in [-0.39, 0.29) is 0 Å². The van der Waals surface area contributed by atoms with E-state index in [0.29, 0.717) is 11.9 Å². The molecule has 6 aromatic carbocycles. The van der Waals surface area contributed by atoms with Crippen LogP contribution in [0.15, 0.2) is 182 Å². The standard InChI is InChI=1S/C23H22O2S.C20H18O/c1-4-10-19(11-5-1)23(20-12-6-2-7-13-20,21-14-8-3-9-15-21)25-17-22-16-24-18-26-22;1-21-20(17-11-5-2-6-12-17,18-13-7-3-8-14-18)19-15-9-4-10-16-19/h1-15,22H,16-18H2;2-16H,1H3. The van der Waals surface area contributed by atoms with E-state index in [0.717, 1.165) is 45.9 Å². The Labute approximate surface area is 283 Å². The van der Waals surface area contributed by atoms with E-state index >= 15 is 0 Å². The third kappa shape index (κ3) is 7.12. The first-order valence-electron chi connectivity index (χ1n) is 16.0. The molecule has 0 saturated carbocycles. The summed E-state index contributed by atoms with van der Waals surface area (Å²) in [6, 6.07) is 62.6. The fraction of sp³-hybridized carbons (Fsp3) is 0.163. The summed E-state index contributed by atoms with van der Waals surface area (Å²) < 4.78 is 18.4. The Hall–Kier alpha value is -4.45. The normalized spacial score (nSPS) is 14.6. The summed E-state index contributed by atoms with van der Waals surface area (Å²) in [5.41, 5.74) is 5.60. The second-order valence-electron chi connectivity index (χ2n) is 11.4. The molecule has 1 atom stereocenters. The molecule has 6 aromatic rings. The van der Waals surface area contributed by atoms with E-state index in [1.54, 1.807) is 7.11 Å². The van der Waals surface area contributed by atoms with Crippen LogP contribution in [0, 0.1) is 0 Å². The molecule has 0 amide bonds. The first-order valence-corrected chi connectivity index (χ1v) is 17.0. The van der Waals surface area contributed by atoms with Gasteiger partial charge in [-0.25, -0.2) is 0 Å². The van der Waals surface area contributed by atoms with Crippen LogP contribution in [0.4, 0.5) is 0 Å². The molecule has 0 radical (unpaired) electrons. The highest BCUT2D eigenvalue weighted by molar-refractivity contribution is 8.00. The van der Waals surface area contributed by atoms with Gasteiger partial charge in [-0.1, -0.05) is 182 Å². The number of hydrogen-bond acceptors (Lipinski definition) is 4. The Morgan fingerprint density at radius 2 is 0.787 bits per heavy atom. The van der Waals surface area contributed by atoms with Gasteiger partial charge in [-0.2, -0.15) is 0 Å². The molecule has 7 rings (SSSR count). The predicted molar refractivity (Wildman–Crippen MR) is 194 cm³/mol. The molecule has 4 heteroatoms. The highest BCUT2D eigenvalue weighted by atomic mass is 32.2. The van der Waals surface area contributed by atoms with E-state index < -0.39 is 11.2 Å². The van der Waals surface area contributed by atoms with E-state index in [9.17, 15) is 0 Å². The van der Waals surface area contributed by atoms with Gasteiger partial charge in [-0.3, -0.25) is 0 Å². The van der Waals surface area contributed by atoms with Gasteiger partial charge in [0.15, 0.2) is 0 Å². The number of thioether (sulfide) groups is 1. The summed E-state index contributed by atoms with van der Waals surface area (Å²) in [5.74, 6) is 0.753. The van der Waals surface area contributed by atoms with E-state index in [2.05, 4.69) is 146 Å². The molecule has 1 heterocycles. The van der Waals surface area contributed by atoms with Gasteiger partial charge in [0.1, 0.15) is 11.2 Å². The van der Waals surface area contributed by atoms with E-state index in [1.165, 1.54) is 0 Å². The zero-order valence-electron chi connectivity index (χ0n) is 26.7. The molecule has 1 unspecified atom stereocenters. The Morgan fingerprint density at radius 1 is 0.489 bits per heavy atom. The zero-order valence-corrected chi connectivity index (χ0v) is 27.5. The lowest BCUT2D eigenvalue weighted by atomic mass is 9.80. The summed E-state index contributed by atoms with van der Waals surface area (Å²) >= 11 is 1.82. The molecule has 1 fully saturated rings. The molecule has 0 aliphatic carbocycles. The van der Waals surface area contributed by atoms with Gasteiger partial charge < -0.3 is 14.2 Å². The Bertz CT molecular complexity index is 1550. The summed E-state index contributed by atoms with van der Waals surface area (Å²) in [4.78, 5) is 0. The number of methoxy groups -OCH3 is 1. The minimum Gasteiger partial charge on any atom is -0.370 e. The average Bonchev–Trinajstić information content (AvgIpc) is 3.70. The maximum atomic E-state index is 6.77. The van der Waals surface area contributed by atoms with Crippen molar-refractivity contribution in [3.05, 3.63) is 215 Å². The first-order chi connectivity index (χ1) is 23.3. The minimum atomic E-state index is -0.632. The number of hydrogen-bond donors (Lipinski definition) is 0. The monoisotopic (exact) mass is 636 g/mol. The van der Waals surface area contributed by atoms with Crippen molar-refractivity contribution in [2.24, 2.45) is 0 Å². The Kier molecular flexibility index (Phi) is 11.0. The van der Waals surface area contributed by atoms with Crippen LogP contribution < -0.4 is 0 Å². The molecule has 0 N–H and O–H groups in total.